The fourth-order valence-electron chi connectivity index (χ4n) is 3.59. The topological polar surface area (TPSA) is 80.2 Å². The summed E-state index contributed by atoms with van der Waals surface area (Å²) in [5.41, 5.74) is 4.56. The fourth-order valence-corrected chi connectivity index (χ4v) is 3.77. The molecule has 0 saturated carbocycles. The number of benzene rings is 2. The van der Waals surface area contributed by atoms with Crippen LogP contribution in [-0.2, 0) is 6.42 Å². The molecule has 0 bridgehead atoms. The van der Waals surface area contributed by atoms with Crippen LogP contribution >= 0.6 is 11.6 Å². The van der Waals surface area contributed by atoms with Gasteiger partial charge in [0.25, 0.3) is 11.5 Å². The molecule has 152 valence electrons. The summed E-state index contributed by atoms with van der Waals surface area (Å²) in [7, 11) is 0. The van der Waals surface area contributed by atoms with Crippen molar-refractivity contribution >= 4 is 34.7 Å². The van der Waals surface area contributed by atoms with Crippen molar-refractivity contribution in [3.05, 3.63) is 92.9 Å². The lowest BCUT2D eigenvalue weighted by Crippen LogP contribution is -2.36. The number of amides is 1. The molecular weight excluding hydrogens is 402 g/mol. The molecule has 3 aromatic rings. The summed E-state index contributed by atoms with van der Waals surface area (Å²) in [6, 6.07) is 17.1. The molecule has 0 aliphatic heterocycles. The number of hydrogen-bond donors (Lipinski definition) is 2. The molecule has 7 heteroatoms. The Balaban J connectivity index is 1.81. The highest BCUT2D eigenvalue weighted by molar-refractivity contribution is 6.33. The predicted molar refractivity (Wildman–Crippen MR) is 117 cm³/mol. The zero-order chi connectivity index (χ0) is 21.3. The predicted octanol–water partition coefficient (Wildman–Crippen LogP) is 4.39. The SMILES string of the molecule is CC1CC(=O)c2cc(NC(=O)c3ccccc3)c(=O)n(Nc3ccccc3Cl)c2C1. The largest absolute Gasteiger partial charge is 0.317 e. The van der Waals surface area contributed by atoms with Gasteiger partial charge in [-0.15, -0.1) is 0 Å². The molecule has 0 fully saturated rings. The number of nitrogens with zero attached hydrogens (tertiary/aromatic N) is 1. The first-order chi connectivity index (χ1) is 14.4. The minimum atomic E-state index is -0.458. The molecule has 30 heavy (non-hydrogen) atoms. The number of nitrogens with one attached hydrogen (secondary N) is 2. The molecule has 0 spiro atoms. The lowest BCUT2D eigenvalue weighted by molar-refractivity contribution is 0.0949. The number of hydrogen-bond acceptors (Lipinski definition) is 4. The first kappa shape index (κ1) is 19.9. The summed E-state index contributed by atoms with van der Waals surface area (Å²) < 4.78 is 1.32. The first-order valence-electron chi connectivity index (χ1n) is 9.64. The molecule has 1 amide bonds. The first-order valence-corrected chi connectivity index (χ1v) is 10.0. The van der Waals surface area contributed by atoms with E-state index in [1.54, 1.807) is 54.6 Å². The van der Waals surface area contributed by atoms with E-state index in [9.17, 15) is 14.4 Å². The van der Waals surface area contributed by atoms with Crippen molar-refractivity contribution in [2.24, 2.45) is 5.92 Å². The summed E-state index contributed by atoms with van der Waals surface area (Å²) in [5.74, 6) is -0.379. The van der Waals surface area contributed by atoms with E-state index in [-0.39, 0.29) is 17.4 Å². The average molecular weight is 422 g/mol. The molecule has 2 aromatic carbocycles. The number of pyridine rings is 1. The molecule has 1 aliphatic carbocycles. The lowest BCUT2D eigenvalue weighted by atomic mass is 9.87. The Morgan fingerprint density at radius 2 is 1.70 bits per heavy atom. The van der Waals surface area contributed by atoms with E-state index < -0.39 is 11.5 Å². The van der Waals surface area contributed by atoms with Crippen molar-refractivity contribution in [1.29, 1.82) is 0 Å². The number of anilines is 2. The van der Waals surface area contributed by atoms with E-state index >= 15 is 0 Å². The van der Waals surface area contributed by atoms with Gasteiger partial charge in [-0.25, -0.2) is 4.68 Å². The third-order valence-corrected chi connectivity index (χ3v) is 5.40. The Morgan fingerprint density at radius 3 is 2.43 bits per heavy atom. The van der Waals surface area contributed by atoms with Crippen LogP contribution in [0, 0.1) is 5.92 Å². The van der Waals surface area contributed by atoms with E-state index in [1.165, 1.54) is 10.7 Å². The molecule has 0 radical (unpaired) electrons. The van der Waals surface area contributed by atoms with Crippen LogP contribution in [0.4, 0.5) is 11.4 Å². The van der Waals surface area contributed by atoms with Gasteiger partial charge in [0.2, 0.25) is 0 Å². The summed E-state index contributed by atoms with van der Waals surface area (Å²) in [5, 5.41) is 3.09. The number of rotatable bonds is 4. The van der Waals surface area contributed by atoms with Crippen molar-refractivity contribution in [2.45, 2.75) is 19.8 Å². The molecule has 0 saturated heterocycles. The Morgan fingerprint density at radius 1 is 1.00 bits per heavy atom. The molecular formula is C23H20ClN3O3. The number of carbonyl (C=O) groups is 2. The fraction of sp³-hybridized carbons (Fsp3) is 0.174. The third-order valence-electron chi connectivity index (χ3n) is 5.07. The lowest BCUT2D eigenvalue weighted by Gasteiger charge is -2.26. The highest BCUT2D eigenvalue weighted by Gasteiger charge is 2.28. The van der Waals surface area contributed by atoms with Gasteiger partial charge in [-0.2, -0.15) is 0 Å². The quantitative estimate of drug-likeness (QED) is 0.654. The summed E-state index contributed by atoms with van der Waals surface area (Å²) in [6.45, 7) is 1.97. The molecule has 1 atom stereocenters. The molecule has 2 N–H and O–H groups in total. The number of Topliss-reactive ketones (excluding diaryl/α,β-unsaturated/α-hetero) is 1. The number of halogens is 1. The van der Waals surface area contributed by atoms with E-state index in [0.717, 1.165) is 0 Å². The highest BCUT2D eigenvalue weighted by Crippen LogP contribution is 2.27. The van der Waals surface area contributed by atoms with Gasteiger partial charge in [-0.3, -0.25) is 19.8 Å². The molecule has 6 nitrogen and oxygen atoms in total. The second-order valence-electron chi connectivity index (χ2n) is 7.41. The Hall–Kier alpha value is -3.38. The van der Waals surface area contributed by atoms with Crippen molar-refractivity contribution in [1.82, 2.24) is 4.68 Å². The van der Waals surface area contributed by atoms with Crippen LogP contribution in [0.25, 0.3) is 0 Å². The molecule has 1 aliphatic rings. The van der Waals surface area contributed by atoms with Crippen LogP contribution in [0.15, 0.2) is 65.5 Å². The smallest absolute Gasteiger partial charge is 0.293 e. The van der Waals surface area contributed by atoms with Crippen LogP contribution in [0.5, 0.6) is 0 Å². The van der Waals surface area contributed by atoms with Gasteiger partial charge in [0, 0.05) is 17.5 Å². The number of carbonyl (C=O) groups excluding carboxylic acids is 2. The molecule has 4 rings (SSSR count). The van der Waals surface area contributed by atoms with Gasteiger partial charge in [-0.05, 0) is 42.7 Å². The zero-order valence-electron chi connectivity index (χ0n) is 16.3. The van der Waals surface area contributed by atoms with Crippen molar-refractivity contribution in [3.8, 4) is 0 Å². The average Bonchev–Trinajstić information content (AvgIpc) is 2.73. The van der Waals surface area contributed by atoms with Crippen LogP contribution in [-0.4, -0.2) is 16.4 Å². The molecule has 1 unspecified atom stereocenters. The molecule has 1 aromatic heterocycles. The van der Waals surface area contributed by atoms with Gasteiger partial charge in [0.15, 0.2) is 5.78 Å². The summed E-state index contributed by atoms with van der Waals surface area (Å²) >= 11 is 6.26. The van der Waals surface area contributed by atoms with E-state index in [1.807, 2.05) is 6.92 Å². The zero-order valence-corrected chi connectivity index (χ0v) is 17.1. The van der Waals surface area contributed by atoms with Crippen molar-refractivity contribution < 1.29 is 9.59 Å². The highest BCUT2D eigenvalue weighted by atomic mass is 35.5. The number of fused-ring (bicyclic) bond motifs is 1. The van der Waals surface area contributed by atoms with Crippen molar-refractivity contribution in [3.63, 3.8) is 0 Å². The maximum absolute atomic E-state index is 13.3. The standard InChI is InChI=1S/C23H20ClN3O3/c1-14-11-20-16(21(28)12-14)13-19(25-22(29)15-7-3-2-4-8-15)23(30)27(20)26-18-10-6-5-9-17(18)24/h2-10,13-14,26H,11-12H2,1H3,(H,25,29). The number of ketones is 1. The number of aromatic nitrogens is 1. The summed E-state index contributed by atoms with van der Waals surface area (Å²) in [6.07, 6.45) is 0.948. The monoisotopic (exact) mass is 421 g/mol. The maximum atomic E-state index is 13.3. The Labute approximate surface area is 178 Å². The normalized spacial score (nSPS) is 15.4. The summed E-state index contributed by atoms with van der Waals surface area (Å²) in [4.78, 5) is 38.6. The van der Waals surface area contributed by atoms with Gasteiger partial charge in [-0.1, -0.05) is 48.9 Å². The van der Waals surface area contributed by atoms with Crippen LogP contribution < -0.4 is 16.3 Å². The minimum Gasteiger partial charge on any atom is -0.317 e. The Bertz CT molecular complexity index is 1190. The van der Waals surface area contributed by atoms with E-state index in [2.05, 4.69) is 10.7 Å². The Kier molecular flexibility index (Phi) is 5.42. The third kappa shape index (κ3) is 3.86. The van der Waals surface area contributed by atoms with E-state index in [4.69, 9.17) is 11.6 Å². The van der Waals surface area contributed by atoms with Crippen LogP contribution in [0.1, 0.15) is 39.8 Å². The maximum Gasteiger partial charge on any atom is 0.293 e. The number of para-hydroxylation sites is 1. The second-order valence-corrected chi connectivity index (χ2v) is 7.81. The van der Waals surface area contributed by atoms with Gasteiger partial charge in [0.1, 0.15) is 5.69 Å². The van der Waals surface area contributed by atoms with Crippen LogP contribution in [0.3, 0.4) is 0 Å². The van der Waals surface area contributed by atoms with Gasteiger partial charge < -0.3 is 5.32 Å². The van der Waals surface area contributed by atoms with Crippen molar-refractivity contribution in [2.75, 3.05) is 10.7 Å². The van der Waals surface area contributed by atoms with E-state index in [0.29, 0.717) is 40.4 Å². The molecule has 1 heterocycles. The minimum absolute atomic E-state index is 0.0325. The second kappa shape index (κ2) is 8.16. The van der Waals surface area contributed by atoms with Crippen LogP contribution in [0.2, 0.25) is 5.02 Å². The van der Waals surface area contributed by atoms with Gasteiger partial charge >= 0.3 is 0 Å². The van der Waals surface area contributed by atoms with Gasteiger partial charge in [0.05, 0.1) is 16.4 Å².